The van der Waals surface area contributed by atoms with Crippen molar-refractivity contribution >= 4 is 11.6 Å². The van der Waals surface area contributed by atoms with Crippen molar-refractivity contribution in [2.45, 2.75) is 12.3 Å². The summed E-state index contributed by atoms with van der Waals surface area (Å²) in [5.41, 5.74) is -0.813. The number of benzene rings is 1. The van der Waals surface area contributed by atoms with Crippen LogP contribution in [0.3, 0.4) is 0 Å². The topological polar surface area (TPSA) is 0 Å². The fourth-order valence-electron chi connectivity index (χ4n) is 0.905. The molecule has 0 aliphatic rings. The lowest BCUT2D eigenvalue weighted by Crippen LogP contribution is -1.97. The number of hydrogen-bond donors (Lipinski definition) is 0. The Morgan fingerprint density at radius 2 is 1.85 bits per heavy atom. The lowest BCUT2D eigenvalue weighted by atomic mass is 10.1. The highest BCUT2D eigenvalue weighted by Crippen LogP contribution is 2.25. The number of hydrogen-bond acceptors (Lipinski definition) is 0. The Hall–Kier alpha value is -0.770. The minimum atomic E-state index is -3.03. The third-order valence-corrected chi connectivity index (χ3v) is 1.81. The highest BCUT2D eigenvalue weighted by Gasteiger charge is 2.17. The van der Waals surface area contributed by atoms with Gasteiger partial charge < -0.3 is 0 Å². The Balaban J connectivity index is 3.25. The van der Waals surface area contributed by atoms with Crippen LogP contribution in [-0.2, 0) is 5.88 Å². The van der Waals surface area contributed by atoms with Crippen LogP contribution in [0.2, 0.25) is 0 Å². The van der Waals surface area contributed by atoms with E-state index in [2.05, 4.69) is 0 Å². The van der Waals surface area contributed by atoms with Gasteiger partial charge in [0.05, 0.1) is 5.56 Å². The molecule has 0 saturated heterocycles. The first-order valence-electron chi connectivity index (χ1n) is 3.38. The molecule has 0 spiro atoms. The zero-order valence-corrected chi connectivity index (χ0v) is 7.08. The van der Waals surface area contributed by atoms with Gasteiger partial charge in [-0.2, -0.15) is 0 Å². The van der Waals surface area contributed by atoms with Gasteiger partial charge in [0.25, 0.3) is 6.43 Å². The van der Waals surface area contributed by atoms with Crippen LogP contribution < -0.4 is 0 Å². The van der Waals surface area contributed by atoms with Gasteiger partial charge >= 0.3 is 0 Å². The summed E-state index contributed by atoms with van der Waals surface area (Å²) in [5, 5.41) is 0. The molecule has 1 rings (SSSR count). The van der Waals surface area contributed by atoms with Crippen molar-refractivity contribution in [3.63, 3.8) is 0 Å². The van der Waals surface area contributed by atoms with E-state index in [1.807, 2.05) is 0 Å². The van der Waals surface area contributed by atoms with Crippen molar-refractivity contribution in [3.8, 4) is 0 Å². The molecule has 0 bridgehead atoms. The van der Waals surface area contributed by atoms with Gasteiger partial charge in [-0.1, -0.05) is 0 Å². The van der Waals surface area contributed by atoms with E-state index in [-0.39, 0.29) is 11.4 Å². The van der Waals surface area contributed by atoms with Gasteiger partial charge in [0.15, 0.2) is 11.6 Å². The third kappa shape index (κ3) is 2.12. The van der Waals surface area contributed by atoms with E-state index >= 15 is 0 Å². The molecule has 0 heterocycles. The van der Waals surface area contributed by atoms with Crippen molar-refractivity contribution in [2.24, 2.45) is 0 Å². The molecular formula is C8H5ClF4. The molecule has 0 fully saturated rings. The summed E-state index contributed by atoms with van der Waals surface area (Å²) in [6, 6.07) is 1.66. The molecule has 0 aliphatic heterocycles. The molecule has 1 aromatic rings. The smallest absolute Gasteiger partial charge is 0.205 e. The minimum absolute atomic E-state index is 0.128. The van der Waals surface area contributed by atoms with Crippen LogP contribution in [0.1, 0.15) is 17.6 Å². The second-order valence-corrected chi connectivity index (χ2v) is 2.68. The first kappa shape index (κ1) is 10.3. The van der Waals surface area contributed by atoms with Crippen molar-refractivity contribution in [3.05, 3.63) is 34.9 Å². The second kappa shape index (κ2) is 3.96. The summed E-state index contributed by atoms with van der Waals surface area (Å²) in [5.74, 6) is -2.94. The molecular weight excluding hydrogens is 208 g/mol. The average Bonchev–Trinajstić information content (AvgIpc) is 2.09. The first-order valence-corrected chi connectivity index (χ1v) is 3.91. The maximum Gasteiger partial charge on any atom is 0.266 e. The van der Waals surface area contributed by atoms with Crippen LogP contribution >= 0.6 is 11.6 Å². The number of alkyl halides is 3. The van der Waals surface area contributed by atoms with E-state index in [1.54, 1.807) is 0 Å². The predicted molar refractivity (Wildman–Crippen MR) is 40.9 cm³/mol. The third-order valence-electron chi connectivity index (χ3n) is 1.51. The van der Waals surface area contributed by atoms with Crippen LogP contribution in [0.4, 0.5) is 17.6 Å². The van der Waals surface area contributed by atoms with Gasteiger partial charge in [-0.25, -0.2) is 17.6 Å². The van der Waals surface area contributed by atoms with Gasteiger partial charge in [0.1, 0.15) is 0 Å². The molecule has 0 amide bonds. The molecule has 0 nitrogen and oxygen atoms in total. The Morgan fingerprint density at radius 3 is 2.31 bits per heavy atom. The molecule has 0 saturated carbocycles. The predicted octanol–water partition coefficient (Wildman–Crippen LogP) is 3.64. The lowest BCUT2D eigenvalue weighted by Gasteiger charge is -2.04. The fraction of sp³-hybridized carbons (Fsp3) is 0.250. The van der Waals surface area contributed by atoms with Crippen LogP contribution in [0, 0.1) is 11.6 Å². The van der Waals surface area contributed by atoms with E-state index in [0.717, 1.165) is 12.1 Å². The maximum atomic E-state index is 12.7. The van der Waals surface area contributed by atoms with Gasteiger partial charge in [-0.05, 0) is 17.7 Å². The van der Waals surface area contributed by atoms with E-state index < -0.39 is 23.6 Å². The second-order valence-electron chi connectivity index (χ2n) is 2.42. The number of halogens is 5. The van der Waals surface area contributed by atoms with Crippen molar-refractivity contribution < 1.29 is 17.6 Å². The summed E-state index contributed by atoms with van der Waals surface area (Å²) in [4.78, 5) is 0. The summed E-state index contributed by atoms with van der Waals surface area (Å²) in [7, 11) is 0. The highest BCUT2D eigenvalue weighted by molar-refractivity contribution is 6.17. The minimum Gasteiger partial charge on any atom is -0.205 e. The monoisotopic (exact) mass is 212 g/mol. The summed E-state index contributed by atoms with van der Waals surface area (Å²) in [6.07, 6.45) is -3.03. The van der Waals surface area contributed by atoms with E-state index in [1.165, 1.54) is 0 Å². The molecule has 13 heavy (non-hydrogen) atoms. The zero-order chi connectivity index (χ0) is 10.0. The zero-order valence-electron chi connectivity index (χ0n) is 6.33. The molecule has 1 aromatic carbocycles. The van der Waals surface area contributed by atoms with Crippen molar-refractivity contribution in [1.82, 2.24) is 0 Å². The maximum absolute atomic E-state index is 12.7. The van der Waals surface area contributed by atoms with Gasteiger partial charge in [0.2, 0.25) is 0 Å². The largest absolute Gasteiger partial charge is 0.266 e. The Kier molecular flexibility index (Phi) is 3.14. The normalized spacial score (nSPS) is 10.9. The van der Waals surface area contributed by atoms with Crippen LogP contribution in [0.15, 0.2) is 12.1 Å². The van der Waals surface area contributed by atoms with Crippen LogP contribution in [-0.4, -0.2) is 0 Å². The molecule has 0 N–H and O–H groups in total. The molecule has 0 radical (unpaired) electrons. The lowest BCUT2D eigenvalue weighted by molar-refractivity contribution is 0.145. The molecule has 5 heteroatoms. The SMILES string of the molecule is Fc1cc(CCl)cc(C(F)F)c1F. The molecule has 0 atom stereocenters. The molecule has 72 valence electrons. The standard InChI is InChI=1S/C8H5ClF4/c9-3-4-1-5(8(12)13)7(11)6(10)2-4/h1-2,8H,3H2. The van der Waals surface area contributed by atoms with Crippen LogP contribution in [0.5, 0.6) is 0 Å². The van der Waals surface area contributed by atoms with E-state index in [0.29, 0.717) is 0 Å². The van der Waals surface area contributed by atoms with E-state index in [9.17, 15) is 17.6 Å². The Morgan fingerprint density at radius 1 is 1.23 bits per heavy atom. The van der Waals surface area contributed by atoms with Crippen LogP contribution in [0.25, 0.3) is 0 Å². The quantitative estimate of drug-likeness (QED) is 0.519. The Labute approximate surface area is 77.1 Å². The van der Waals surface area contributed by atoms with Gasteiger partial charge in [0, 0.05) is 5.88 Å². The average molecular weight is 213 g/mol. The Bertz CT molecular complexity index is 311. The molecule has 0 aliphatic carbocycles. The fourth-order valence-corrected chi connectivity index (χ4v) is 1.06. The number of rotatable bonds is 2. The first-order chi connectivity index (χ1) is 6.06. The van der Waals surface area contributed by atoms with Gasteiger partial charge in [-0.3, -0.25) is 0 Å². The summed E-state index contributed by atoms with van der Waals surface area (Å²) < 4.78 is 49.4. The van der Waals surface area contributed by atoms with E-state index in [4.69, 9.17) is 11.6 Å². The summed E-state index contributed by atoms with van der Waals surface area (Å²) in [6.45, 7) is 0. The van der Waals surface area contributed by atoms with Crippen molar-refractivity contribution in [2.75, 3.05) is 0 Å². The van der Waals surface area contributed by atoms with Gasteiger partial charge in [-0.15, -0.1) is 11.6 Å². The highest BCUT2D eigenvalue weighted by atomic mass is 35.5. The molecule has 0 aromatic heterocycles. The van der Waals surface area contributed by atoms with Crippen molar-refractivity contribution in [1.29, 1.82) is 0 Å². The molecule has 0 unspecified atom stereocenters. The summed E-state index contributed by atoms with van der Waals surface area (Å²) >= 11 is 5.29.